The zero-order valence-electron chi connectivity index (χ0n) is 32.5. The molecular weight excluding hydrogens is 721 g/mol. The van der Waals surface area contributed by atoms with Crippen LogP contribution in [-0.2, 0) is 5.41 Å². The molecule has 0 spiro atoms. The van der Waals surface area contributed by atoms with Gasteiger partial charge in [-0.25, -0.2) is 15.0 Å². The third-order valence-electron chi connectivity index (χ3n) is 12.2. The molecule has 1 aliphatic rings. The van der Waals surface area contributed by atoms with Gasteiger partial charge < -0.3 is 8.98 Å². The number of benzene rings is 8. The number of hydrogen-bond donors (Lipinski definition) is 0. The Morgan fingerprint density at radius 3 is 1.76 bits per heavy atom. The van der Waals surface area contributed by atoms with Gasteiger partial charge in [0.25, 0.3) is 0 Å². The molecule has 0 saturated carbocycles. The largest absolute Gasteiger partial charge is 0.454 e. The first-order chi connectivity index (χ1) is 29.0. The van der Waals surface area contributed by atoms with E-state index in [0.29, 0.717) is 17.5 Å². The summed E-state index contributed by atoms with van der Waals surface area (Å²) in [6.45, 7) is 4.70. The highest BCUT2D eigenvalue weighted by Gasteiger charge is 2.36. The zero-order chi connectivity index (χ0) is 39.2. The van der Waals surface area contributed by atoms with Crippen molar-refractivity contribution < 1.29 is 4.42 Å². The van der Waals surface area contributed by atoms with Crippen molar-refractivity contribution in [1.82, 2.24) is 19.5 Å². The molecule has 11 aromatic rings. The van der Waals surface area contributed by atoms with Gasteiger partial charge in [0, 0.05) is 49.3 Å². The van der Waals surface area contributed by atoms with Crippen molar-refractivity contribution in [3.8, 4) is 62.1 Å². The van der Waals surface area contributed by atoms with Crippen LogP contribution in [0, 0.1) is 0 Å². The second-order valence-corrected chi connectivity index (χ2v) is 16.0. The van der Waals surface area contributed by atoms with Gasteiger partial charge in [-0.2, -0.15) is 0 Å². The highest BCUT2D eigenvalue weighted by molar-refractivity contribution is 6.26. The van der Waals surface area contributed by atoms with E-state index in [1.165, 1.54) is 27.6 Å². The number of nitrogens with zero attached hydrogens (tertiary/aromatic N) is 4. The van der Waals surface area contributed by atoms with E-state index in [1.807, 2.05) is 60.7 Å². The fourth-order valence-electron chi connectivity index (χ4n) is 9.41. The van der Waals surface area contributed by atoms with Gasteiger partial charge in [-0.05, 0) is 75.8 Å². The lowest BCUT2D eigenvalue weighted by Gasteiger charge is -2.21. The summed E-state index contributed by atoms with van der Waals surface area (Å²) in [7, 11) is 0. The predicted octanol–water partition coefficient (Wildman–Crippen LogP) is 13.8. The summed E-state index contributed by atoms with van der Waals surface area (Å²) in [5.74, 6) is 1.89. The third-order valence-corrected chi connectivity index (χ3v) is 12.2. The monoisotopic (exact) mass is 756 g/mol. The van der Waals surface area contributed by atoms with Gasteiger partial charge in [0.05, 0.1) is 11.0 Å². The van der Waals surface area contributed by atoms with Crippen LogP contribution in [0.25, 0.3) is 106 Å². The second-order valence-electron chi connectivity index (χ2n) is 16.0. The molecule has 278 valence electrons. The molecule has 12 rings (SSSR count). The molecule has 0 atom stereocenters. The lowest BCUT2D eigenvalue weighted by molar-refractivity contribution is 0.661. The molecule has 5 heteroatoms. The van der Waals surface area contributed by atoms with Crippen molar-refractivity contribution in [2.45, 2.75) is 19.3 Å². The Morgan fingerprint density at radius 1 is 0.441 bits per heavy atom. The molecule has 8 aromatic carbocycles. The minimum absolute atomic E-state index is 0.149. The number of hydrogen-bond acceptors (Lipinski definition) is 4. The molecule has 0 fully saturated rings. The van der Waals surface area contributed by atoms with E-state index in [9.17, 15) is 0 Å². The molecular formula is C54H36N4O. The topological polar surface area (TPSA) is 56.7 Å². The van der Waals surface area contributed by atoms with Crippen LogP contribution in [0.5, 0.6) is 0 Å². The Balaban J connectivity index is 1.15. The Hall–Kier alpha value is -7.63. The highest BCUT2D eigenvalue weighted by atomic mass is 16.3. The van der Waals surface area contributed by atoms with Gasteiger partial charge in [0.1, 0.15) is 5.58 Å². The van der Waals surface area contributed by atoms with E-state index in [-0.39, 0.29) is 5.41 Å². The quantitative estimate of drug-likeness (QED) is 0.175. The van der Waals surface area contributed by atoms with Gasteiger partial charge in [0.15, 0.2) is 23.1 Å². The predicted molar refractivity (Wildman–Crippen MR) is 241 cm³/mol. The highest BCUT2D eigenvalue weighted by Crippen LogP contribution is 2.52. The van der Waals surface area contributed by atoms with Crippen LogP contribution in [0.1, 0.15) is 25.0 Å². The smallest absolute Gasteiger partial charge is 0.164 e. The molecule has 0 radical (unpaired) electrons. The minimum atomic E-state index is -0.149. The van der Waals surface area contributed by atoms with Crippen LogP contribution < -0.4 is 0 Å². The van der Waals surface area contributed by atoms with Crippen molar-refractivity contribution in [3.05, 3.63) is 193 Å². The maximum atomic E-state index is 7.01. The second kappa shape index (κ2) is 12.7. The van der Waals surface area contributed by atoms with E-state index < -0.39 is 0 Å². The normalized spacial score (nSPS) is 13.1. The van der Waals surface area contributed by atoms with Crippen LogP contribution in [-0.4, -0.2) is 19.5 Å². The summed E-state index contributed by atoms with van der Waals surface area (Å²) in [6.07, 6.45) is 0. The maximum Gasteiger partial charge on any atom is 0.164 e. The van der Waals surface area contributed by atoms with Gasteiger partial charge in [-0.15, -0.1) is 0 Å². The van der Waals surface area contributed by atoms with Crippen molar-refractivity contribution in [1.29, 1.82) is 0 Å². The first-order valence-corrected chi connectivity index (χ1v) is 20.1. The standard InChI is InChI=1S/C54H36N4O/c1-54(2)44-27-14-12-25-38(44)41-32-46-42(31-45(41)54)43-30-40(48-39-26-13-15-28-47(39)59-50(48)49(43)58(46)37-23-10-5-11-24-37)35-21-16-22-36(29-35)53-56-51(33-17-6-3-7-18-33)55-52(57-53)34-19-8-4-9-20-34/h3-32H,1-2H3. The number of para-hydroxylation sites is 2. The summed E-state index contributed by atoms with van der Waals surface area (Å²) < 4.78 is 9.42. The van der Waals surface area contributed by atoms with Gasteiger partial charge >= 0.3 is 0 Å². The van der Waals surface area contributed by atoms with Crippen LogP contribution >= 0.6 is 0 Å². The van der Waals surface area contributed by atoms with Crippen LogP contribution in [0.2, 0.25) is 0 Å². The summed E-state index contributed by atoms with van der Waals surface area (Å²) in [6, 6.07) is 64.1. The van der Waals surface area contributed by atoms with Crippen molar-refractivity contribution >= 4 is 43.7 Å². The molecule has 59 heavy (non-hydrogen) atoms. The fourth-order valence-corrected chi connectivity index (χ4v) is 9.41. The molecule has 3 heterocycles. The fraction of sp³-hybridized carbons (Fsp3) is 0.0556. The average molecular weight is 757 g/mol. The third kappa shape index (κ3) is 5.08. The lowest BCUT2D eigenvalue weighted by atomic mass is 9.82. The molecule has 0 bridgehead atoms. The van der Waals surface area contributed by atoms with Crippen LogP contribution in [0.4, 0.5) is 0 Å². The average Bonchev–Trinajstić information content (AvgIpc) is 3.92. The lowest BCUT2D eigenvalue weighted by Crippen LogP contribution is -2.14. The molecule has 0 amide bonds. The van der Waals surface area contributed by atoms with Crippen molar-refractivity contribution in [3.63, 3.8) is 0 Å². The van der Waals surface area contributed by atoms with E-state index in [2.05, 4.69) is 140 Å². The number of furan rings is 1. The van der Waals surface area contributed by atoms with E-state index in [0.717, 1.165) is 71.9 Å². The van der Waals surface area contributed by atoms with E-state index in [4.69, 9.17) is 19.4 Å². The first-order valence-electron chi connectivity index (χ1n) is 20.1. The van der Waals surface area contributed by atoms with Gasteiger partial charge in [0.2, 0.25) is 0 Å². The van der Waals surface area contributed by atoms with Crippen LogP contribution in [0.15, 0.2) is 186 Å². The SMILES string of the molecule is CC1(C)c2ccccc2-c2cc3c(cc21)c1cc(-c2cccc(-c4nc(-c5ccccc5)nc(-c5ccccc5)n4)c2)c2c4ccccc4oc2c1n3-c1ccccc1. The molecule has 5 nitrogen and oxygen atoms in total. The van der Waals surface area contributed by atoms with E-state index in [1.54, 1.807) is 0 Å². The zero-order valence-corrected chi connectivity index (χ0v) is 32.5. The first kappa shape index (κ1) is 33.5. The Labute approximate surface area is 340 Å². The molecule has 0 saturated heterocycles. The van der Waals surface area contributed by atoms with Crippen molar-refractivity contribution in [2.24, 2.45) is 0 Å². The molecule has 3 aromatic heterocycles. The molecule has 1 aliphatic carbocycles. The summed E-state index contributed by atoms with van der Waals surface area (Å²) in [5.41, 5.74) is 15.1. The van der Waals surface area contributed by atoms with E-state index >= 15 is 0 Å². The van der Waals surface area contributed by atoms with Gasteiger partial charge in [-0.3, -0.25) is 0 Å². The Kier molecular flexibility index (Phi) is 7.20. The summed E-state index contributed by atoms with van der Waals surface area (Å²) in [5, 5.41) is 4.49. The molecule has 0 aliphatic heterocycles. The summed E-state index contributed by atoms with van der Waals surface area (Å²) >= 11 is 0. The van der Waals surface area contributed by atoms with Crippen LogP contribution in [0.3, 0.4) is 0 Å². The Bertz CT molecular complexity index is 3400. The summed E-state index contributed by atoms with van der Waals surface area (Å²) in [4.78, 5) is 15.1. The molecule has 0 N–H and O–H groups in total. The molecule has 0 unspecified atom stereocenters. The Morgan fingerprint density at radius 2 is 1.03 bits per heavy atom. The van der Waals surface area contributed by atoms with Gasteiger partial charge in [-0.1, -0.05) is 153 Å². The van der Waals surface area contributed by atoms with Crippen molar-refractivity contribution in [2.75, 3.05) is 0 Å². The number of fused-ring (bicyclic) bond motifs is 10. The maximum absolute atomic E-state index is 7.01. The minimum Gasteiger partial charge on any atom is -0.454 e. The number of aromatic nitrogens is 4. The number of rotatable bonds is 5.